The molecular formula is C12H23NOS. The summed E-state index contributed by atoms with van der Waals surface area (Å²) in [5.74, 6) is 2.05. The summed E-state index contributed by atoms with van der Waals surface area (Å²) < 4.78 is 0. The first-order valence-electron chi connectivity index (χ1n) is 5.87. The van der Waals surface area contributed by atoms with Gasteiger partial charge in [0.2, 0.25) is 0 Å². The van der Waals surface area contributed by atoms with Gasteiger partial charge < -0.3 is 4.90 Å². The Labute approximate surface area is 97.8 Å². The van der Waals surface area contributed by atoms with Crippen LogP contribution in [0.2, 0.25) is 0 Å². The molecule has 15 heavy (non-hydrogen) atoms. The largest absolute Gasteiger partial charge is 0.303 e. The van der Waals surface area contributed by atoms with Gasteiger partial charge in [0.05, 0.1) is 0 Å². The van der Waals surface area contributed by atoms with Crippen LogP contribution in [-0.4, -0.2) is 42.3 Å². The highest BCUT2D eigenvalue weighted by atomic mass is 32.2. The first-order valence-corrected chi connectivity index (χ1v) is 7.26. The molecule has 0 N–H and O–H groups in total. The summed E-state index contributed by atoms with van der Waals surface area (Å²) in [5, 5.41) is 0. The average Bonchev–Trinajstić information content (AvgIpc) is 2.61. The topological polar surface area (TPSA) is 20.3 Å². The molecule has 0 aromatic heterocycles. The molecule has 1 saturated carbocycles. The van der Waals surface area contributed by atoms with Crippen molar-refractivity contribution in [1.29, 1.82) is 0 Å². The van der Waals surface area contributed by atoms with Crippen LogP contribution in [0.5, 0.6) is 0 Å². The standard InChI is InChI=1S/C12H23NOS/c1-10(9-15-3)13(2)8-7-11-5-4-6-12(11)14/h10-11H,4-9H2,1-3H3. The van der Waals surface area contributed by atoms with Crippen LogP contribution in [0, 0.1) is 5.92 Å². The molecule has 1 aliphatic rings. The molecule has 0 aliphatic heterocycles. The van der Waals surface area contributed by atoms with Gasteiger partial charge in [-0.05, 0) is 46.0 Å². The Balaban J connectivity index is 2.21. The number of nitrogens with zero attached hydrogens (tertiary/aromatic N) is 1. The van der Waals surface area contributed by atoms with Gasteiger partial charge in [0.25, 0.3) is 0 Å². The Morgan fingerprint density at radius 3 is 2.87 bits per heavy atom. The van der Waals surface area contributed by atoms with Gasteiger partial charge in [0.15, 0.2) is 0 Å². The molecule has 3 heteroatoms. The lowest BCUT2D eigenvalue weighted by atomic mass is 10.0. The van der Waals surface area contributed by atoms with Gasteiger partial charge in [-0.15, -0.1) is 0 Å². The lowest BCUT2D eigenvalue weighted by molar-refractivity contribution is -0.120. The lowest BCUT2D eigenvalue weighted by Gasteiger charge is -2.24. The normalized spacial score (nSPS) is 23.7. The van der Waals surface area contributed by atoms with Crippen LogP contribution >= 0.6 is 11.8 Å². The average molecular weight is 229 g/mol. The summed E-state index contributed by atoms with van der Waals surface area (Å²) >= 11 is 1.89. The van der Waals surface area contributed by atoms with Crippen LogP contribution in [0.25, 0.3) is 0 Å². The predicted octanol–water partition coefficient (Wildman–Crippen LogP) is 2.43. The highest BCUT2D eigenvalue weighted by Gasteiger charge is 2.24. The summed E-state index contributed by atoms with van der Waals surface area (Å²) in [6.07, 6.45) is 6.28. The fourth-order valence-corrected chi connectivity index (χ4v) is 2.88. The predicted molar refractivity (Wildman–Crippen MR) is 67.4 cm³/mol. The van der Waals surface area contributed by atoms with E-state index in [9.17, 15) is 4.79 Å². The van der Waals surface area contributed by atoms with Crippen LogP contribution in [0.4, 0.5) is 0 Å². The summed E-state index contributed by atoms with van der Waals surface area (Å²) in [7, 11) is 2.17. The molecule has 2 nitrogen and oxygen atoms in total. The van der Waals surface area contributed by atoms with Gasteiger partial charge in [-0.2, -0.15) is 11.8 Å². The number of Topliss-reactive ketones (excluding diaryl/α,β-unsaturated/α-hetero) is 1. The summed E-state index contributed by atoms with van der Waals surface area (Å²) in [6.45, 7) is 3.32. The Hall–Kier alpha value is -0.0200. The summed E-state index contributed by atoms with van der Waals surface area (Å²) in [4.78, 5) is 13.8. The van der Waals surface area contributed by atoms with Crippen LogP contribution in [0.1, 0.15) is 32.6 Å². The fourth-order valence-electron chi connectivity index (χ4n) is 2.14. The first kappa shape index (κ1) is 13.0. The maximum Gasteiger partial charge on any atom is 0.136 e. The van der Waals surface area contributed by atoms with Gasteiger partial charge in [-0.3, -0.25) is 4.79 Å². The van der Waals surface area contributed by atoms with E-state index in [-0.39, 0.29) is 0 Å². The van der Waals surface area contributed by atoms with Crippen LogP contribution in [0.15, 0.2) is 0 Å². The van der Waals surface area contributed by atoms with Crippen molar-refractivity contribution in [1.82, 2.24) is 4.90 Å². The zero-order chi connectivity index (χ0) is 11.3. The molecule has 88 valence electrons. The maximum absolute atomic E-state index is 11.5. The van der Waals surface area contributed by atoms with E-state index in [2.05, 4.69) is 25.1 Å². The molecule has 0 amide bonds. The maximum atomic E-state index is 11.5. The zero-order valence-electron chi connectivity index (χ0n) is 10.2. The van der Waals surface area contributed by atoms with Crippen LogP contribution in [0.3, 0.4) is 0 Å². The molecule has 1 fully saturated rings. The van der Waals surface area contributed by atoms with E-state index >= 15 is 0 Å². The first-order chi connectivity index (χ1) is 7.15. The van der Waals surface area contributed by atoms with Crippen molar-refractivity contribution in [3.63, 3.8) is 0 Å². The number of carbonyl (C=O) groups is 1. The number of hydrogen-bond donors (Lipinski definition) is 0. The fraction of sp³-hybridized carbons (Fsp3) is 0.917. The van der Waals surface area contributed by atoms with Crippen molar-refractivity contribution < 1.29 is 4.79 Å². The minimum atomic E-state index is 0.369. The van der Waals surface area contributed by atoms with E-state index in [0.717, 1.165) is 32.2 Å². The molecule has 0 aromatic carbocycles. The minimum absolute atomic E-state index is 0.369. The van der Waals surface area contributed by atoms with Crippen molar-refractivity contribution in [2.75, 3.05) is 25.6 Å². The number of rotatable bonds is 6. The molecule has 2 unspecified atom stereocenters. The number of hydrogen-bond acceptors (Lipinski definition) is 3. The van der Waals surface area contributed by atoms with Crippen molar-refractivity contribution in [2.45, 2.75) is 38.6 Å². The van der Waals surface area contributed by atoms with Crippen LogP contribution in [-0.2, 0) is 4.79 Å². The van der Waals surface area contributed by atoms with E-state index in [1.165, 1.54) is 5.75 Å². The molecule has 0 bridgehead atoms. The van der Waals surface area contributed by atoms with Crippen molar-refractivity contribution in [3.05, 3.63) is 0 Å². The van der Waals surface area contributed by atoms with Crippen LogP contribution < -0.4 is 0 Å². The number of carbonyl (C=O) groups excluding carboxylic acids is 1. The molecule has 2 atom stereocenters. The highest BCUT2D eigenvalue weighted by molar-refractivity contribution is 7.98. The van der Waals surface area contributed by atoms with E-state index in [0.29, 0.717) is 17.7 Å². The van der Waals surface area contributed by atoms with Crippen molar-refractivity contribution >= 4 is 17.5 Å². The smallest absolute Gasteiger partial charge is 0.136 e. The summed E-state index contributed by atoms with van der Waals surface area (Å²) in [5.41, 5.74) is 0. The third-order valence-corrected chi connectivity index (χ3v) is 4.24. The van der Waals surface area contributed by atoms with Crippen molar-refractivity contribution in [2.24, 2.45) is 5.92 Å². The molecule has 0 heterocycles. The Kier molecular flexibility index (Phi) is 5.69. The Morgan fingerprint density at radius 2 is 2.33 bits per heavy atom. The molecule has 0 radical (unpaired) electrons. The highest BCUT2D eigenvalue weighted by Crippen LogP contribution is 2.24. The summed E-state index contributed by atoms with van der Waals surface area (Å²) in [6, 6.07) is 0.622. The van der Waals surface area contributed by atoms with E-state index in [1.807, 2.05) is 11.8 Å². The van der Waals surface area contributed by atoms with Gasteiger partial charge in [-0.1, -0.05) is 0 Å². The quantitative estimate of drug-likeness (QED) is 0.698. The van der Waals surface area contributed by atoms with E-state index in [4.69, 9.17) is 0 Å². The second-order valence-electron chi connectivity index (χ2n) is 4.63. The van der Waals surface area contributed by atoms with Crippen molar-refractivity contribution in [3.8, 4) is 0 Å². The number of thioether (sulfide) groups is 1. The van der Waals surface area contributed by atoms with E-state index in [1.54, 1.807) is 0 Å². The van der Waals surface area contributed by atoms with Gasteiger partial charge in [0.1, 0.15) is 5.78 Å². The minimum Gasteiger partial charge on any atom is -0.303 e. The number of ketones is 1. The second-order valence-corrected chi connectivity index (χ2v) is 5.54. The molecule has 0 aromatic rings. The SMILES string of the molecule is CSCC(C)N(C)CCC1CCCC1=O. The molecular weight excluding hydrogens is 206 g/mol. The van der Waals surface area contributed by atoms with E-state index < -0.39 is 0 Å². The third kappa shape index (κ3) is 4.15. The molecule has 1 rings (SSSR count). The molecule has 0 saturated heterocycles. The van der Waals surface area contributed by atoms with Gasteiger partial charge in [-0.25, -0.2) is 0 Å². The molecule has 1 aliphatic carbocycles. The zero-order valence-corrected chi connectivity index (χ0v) is 11.0. The Morgan fingerprint density at radius 1 is 1.60 bits per heavy atom. The Bertz CT molecular complexity index is 208. The van der Waals surface area contributed by atoms with Gasteiger partial charge >= 0.3 is 0 Å². The monoisotopic (exact) mass is 229 g/mol. The second kappa shape index (κ2) is 6.54. The molecule has 0 spiro atoms. The third-order valence-electron chi connectivity index (χ3n) is 3.42. The lowest BCUT2D eigenvalue weighted by Crippen LogP contribution is -2.33. The van der Waals surface area contributed by atoms with Gasteiger partial charge in [0, 0.05) is 24.1 Å².